The third-order valence-corrected chi connectivity index (χ3v) is 5.16. The number of aliphatic hydroxyl groups excluding tert-OH is 1. The fourth-order valence-corrected chi connectivity index (χ4v) is 3.73. The van der Waals surface area contributed by atoms with Gasteiger partial charge in [-0.1, -0.05) is 28.4 Å². The second-order valence-corrected chi connectivity index (χ2v) is 6.58. The first kappa shape index (κ1) is 16.1. The first-order valence-corrected chi connectivity index (χ1v) is 7.94. The van der Waals surface area contributed by atoms with Gasteiger partial charge in [0.15, 0.2) is 5.82 Å². The highest BCUT2D eigenvalue weighted by Gasteiger charge is 2.25. The molecule has 1 aromatic heterocycles. The average molecular weight is 352 g/mol. The van der Waals surface area contributed by atoms with Gasteiger partial charge in [-0.3, -0.25) is 0 Å². The number of aliphatic hydroxyl groups is 1. The van der Waals surface area contributed by atoms with Gasteiger partial charge in [-0.2, -0.15) is 5.21 Å². The second kappa shape index (κ2) is 6.24. The van der Waals surface area contributed by atoms with Crippen molar-refractivity contribution in [3.05, 3.63) is 33.6 Å². The summed E-state index contributed by atoms with van der Waals surface area (Å²) in [5.74, 6) is 0.186. The summed E-state index contributed by atoms with van der Waals surface area (Å²) in [4.78, 5) is -0.187. The van der Waals surface area contributed by atoms with E-state index < -0.39 is 22.7 Å². The minimum Gasteiger partial charge on any atom is -0.392 e. The van der Waals surface area contributed by atoms with E-state index >= 15 is 0 Å². The smallest absolute Gasteiger partial charge is 0.242 e. The van der Waals surface area contributed by atoms with E-state index in [2.05, 4.69) is 25.3 Å². The predicted molar refractivity (Wildman–Crippen MR) is 75.3 cm³/mol. The van der Waals surface area contributed by atoms with Crippen molar-refractivity contribution in [2.45, 2.75) is 24.5 Å². The van der Waals surface area contributed by atoms with Crippen LogP contribution in [-0.4, -0.2) is 34.1 Å². The van der Waals surface area contributed by atoms with Crippen molar-refractivity contribution in [1.82, 2.24) is 25.3 Å². The number of aromatic nitrogens is 4. The Labute approximate surface area is 130 Å². The maximum absolute atomic E-state index is 12.3. The van der Waals surface area contributed by atoms with Gasteiger partial charge in [0.1, 0.15) is 4.90 Å². The highest BCUT2D eigenvalue weighted by molar-refractivity contribution is 7.89. The normalized spacial score (nSPS) is 13.3. The fourth-order valence-electron chi connectivity index (χ4n) is 1.63. The van der Waals surface area contributed by atoms with E-state index in [-0.39, 0.29) is 26.3 Å². The highest BCUT2D eigenvalue weighted by Crippen LogP contribution is 2.31. The van der Waals surface area contributed by atoms with Crippen molar-refractivity contribution in [3.63, 3.8) is 0 Å². The Morgan fingerprint density at radius 2 is 2.14 bits per heavy atom. The molecule has 0 bridgehead atoms. The van der Waals surface area contributed by atoms with E-state index in [1.807, 2.05) is 0 Å². The molecule has 0 spiro atoms. The number of nitrogens with one attached hydrogen (secondary N) is 2. The molecule has 1 aromatic carbocycles. The summed E-state index contributed by atoms with van der Waals surface area (Å²) < 4.78 is 27.0. The molecule has 0 saturated carbocycles. The number of rotatable bonds is 5. The Balaban J connectivity index is 2.36. The molecule has 1 unspecified atom stereocenters. The quantitative estimate of drug-likeness (QED) is 0.739. The van der Waals surface area contributed by atoms with Crippen LogP contribution in [0.2, 0.25) is 10.0 Å². The molecule has 2 aromatic rings. The number of hydrogen-bond donors (Lipinski definition) is 3. The van der Waals surface area contributed by atoms with Gasteiger partial charge in [0, 0.05) is 10.6 Å². The molecule has 3 N–H and O–H groups in total. The molecule has 0 radical (unpaired) electrons. The molecule has 2 rings (SSSR count). The molecule has 0 aliphatic heterocycles. The lowest BCUT2D eigenvalue weighted by molar-refractivity contribution is 0.281. The zero-order valence-electron chi connectivity index (χ0n) is 10.7. The fraction of sp³-hybridized carbons (Fsp3) is 0.300. The van der Waals surface area contributed by atoms with Crippen LogP contribution in [0.5, 0.6) is 0 Å². The van der Waals surface area contributed by atoms with E-state index in [0.717, 1.165) is 0 Å². The van der Waals surface area contributed by atoms with E-state index in [4.69, 9.17) is 23.2 Å². The van der Waals surface area contributed by atoms with Crippen LogP contribution in [0.4, 0.5) is 0 Å². The number of sulfonamides is 1. The summed E-state index contributed by atoms with van der Waals surface area (Å²) in [7, 11) is -3.94. The van der Waals surface area contributed by atoms with Crippen LogP contribution in [0, 0.1) is 0 Å². The standard InChI is InChI=1S/C10H11Cl2N5O3S/c1-5(10-13-16-17-14-10)15-21(19,20)8-3-2-7(11)6(4-18)9(8)12/h2-3,5,15,18H,4H2,1H3,(H,13,14,16,17). The number of H-pyrrole nitrogens is 1. The lowest BCUT2D eigenvalue weighted by atomic mass is 10.2. The number of nitrogens with zero attached hydrogens (tertiary/aromatic N) is 3. The Morgan fingerprint density at radius 1 is 1.43 bits per heavy atom. The van der Waals surface area contributed by atoms with Crippen molar-refractivity contribution in [1.29, 1.82) is 0 Å². The van der Waals surface area contributed by atoms with Gasteiger partial charge < -0.3 is 5.11 Å². The van der Waals surface area contributed by atoms with Crippen LogP contribution in [0.1, 0.15) is 24.4 Å². The van der Waals surface area contributed by atoms with Gasteiger partial charge >= 0.3 is 0 Å². The summed E-state index contributed by atoms with van der Waals surface area (Å²) in [5.41, 5.74) is 0.147. The van der Waals surface area contributed by atoms with Gasteiger partial charge in [0.2, 0.25) is 10.0 Å². The molecule has 114 valence electrons. The largest absolute Gasteiger partial charge is 0.392 e. The molecule has 11 heteroatoms. The van der Waals surface area contributed by atoms with E-state index in [0.29, 0.717) is 0 Å². The molecule has 0 fully saturated rings. The monoisotopic (exact) mass is 351 g/mol. The van der Waals surface area contributed by atoms with E-state index in [1.54, 1.807) is 6.92 Å². The van der Waals surface area contributed by atoms with Gasteiger partial charge in [-0.05, 0) is 19.1 Å². The van der Waals surface area contributed by atoms with Crippen LogP contribution < -0.4 is 4.72 Å². The van der Waals surface area contributed by atoms with Crippen LogP contribution in [0.3, 0.4) is 0 Å². The van der Waals surface area contributed by atoms with Crippen molar-refractivity contribution in [3.8, 4) is 0 Å². The predicted octanol–water partition coefficient (Wildman–Crippen LogP) is 1.04. The zero-order chi connectivity index (χ0) is 15.6. The molecule has 0 aliphatic rings. The third kappa shape index (κ3) is 3.33. The highest BCUT2D eigenvalue weighted by atomic mass is 35.5. The third-order valence-electron chi connectivity index (χ3n) is 2.68. The molecular formula is C10H11Cl2N5O3S. The molecule has 1 heterocycles. The Morgan fingerprint density at radius 3 is 2.71 bits per heavy atom. The zero-order valence-corrected chi connectivity index (χ0v) is 13.0. The summed E-state index contributed by atoms with van der Waals surface area (Å²) in [6, 6.07) is 1.90. The van der Waals surface area contributed by atoms with Gasteiger partial charge in [-0.15, -0.1) is 10.2 Å². The minimum atomic E-state index is -3.94. The number of benzene rings is 1. The van der Waals surface area contributed by atoms with Gasteiger partial charge in [-0.25, -0.2) is 13.1 Å². The summed E-state index contributed by atoms with van der Waals surface area (Å²) in [6.07, 6.45) is 0. The maximum atomic E-state index is 12.3. The molecule has 0 aliphatic carbocycles. The Kier molecular flexibility index (Phi) is 4.79. The summed E-state index contributed by atoms with van der Waals surface area (Å²) in [6.45, 7) is 1.08. The second-order valence-electron chi connectivity index (χ2n) is 4.11. The maximum Gasteiger partial charge on any atom is 0.242 e. The van der Waals surface area contributed by atoms with Crippen molar-refractivity contribution < 1.29 is 13.5 Å². The number of hydrogen-bond acceptors (Lipinski definition) is 6. The van der Waals surface area contributed by atoms with Gasteiger partial charge in [0.05, 0.1) is 17.7 Å². The number of halogens is 2. The lowest BCUT2D eigenvalue weighted by Gasteiger charge is -2.14. The van der Waals surface area contributed by atoms with Crippen LogP contribution >= 0.6 is 23.2 Å². The van der Waals surface area contributed by atoms with Crippen LogP contribution in [-0.2, 0) is 16.6 Å². The van der Waals surface area contributed by atoms with Crippen molar-refractivity contribution >= 4 is 33.2 Å². The summed E-state index contributed by atoms with van der Waals surface area (Å²) >= 11 is 11.8. The first-order chi connectivity index (χ1) is 9.86. The molecule has 21 heavy (non-hydrogen) atoms. The number of tetrazole rings is 1. The van der Waals surface area contributed by atoms with Crippen molar-refractivity contribution in [2.24, 2.45) is 0 Å². The SMILES string of the molecule is CC(NS(=O)(=O)c1ccc(Cl)c(CO)c1Cl)c1nn[nH]n1. The van der Waals surface area contributed by atoms with E-state index in [1.165, 1.54) is 12.1 Å². The molecule has 0 amide bonds. The van der Waals surface area contributed by atoms with Crippen molar-refractivity contribution in [2.75, 3.05) is 0 Å². The molecule has 0 saturated heterocycles. The Bertz CT molecular complexity index is 735. The summed E-state index contributed by atoms with van der Waals surface area (Å²) in [5, 5.41) is 22.2. The first-order valence-electron chi connectivity index (χ1n) is 5.70. The van der Waals surface area contributed by atoms with Crippen LogP contribution in [0.15, 0.2) is 17.0 Å². The average Bonchev–Trinajstić information content (AvgIpc) is 2.92. The minimum absolute atomic E-state index is 0.127. The molecule has 8 nitrogen and oxygen atoms in total. The Hall–Kier alpha value is -1.26. The molecule has 1 atom stereocenters. The number of aromatic amines is 1. The molecular weight excluding hydrogens is 341 g/mol. The van der Waals surface area contributed by atoms with E-state index in [9.17, 15) is 13.5 Å². The van der Waals surface area contributed by atoms with Crippen LogP contribution in [0.25, 0.3) is 0 Å². The topological polar surface area (TPSA) is 121 Å². The van der Waals surface area contributed by atoms with Gasteiger partial charge in [0.25, 0.3) is 0 Å². The lowest BCUT2D eigenvalue weighted by Crippen LogP contribution is -2.28.